The van der Waals surface area contributed by atoms with Gasteiger partial charge < -0.3 is 5.32 Å². The summed E-state index contributed by atoms with van der Waals surface area (Å²) in [6.45, 7) is 8.07. The lowest BCUT2D eigenvalue weighted by molar-refractivity contribution is 0.280. The molecule has 3 heteroatoms. The third-order valence-corrected chi connectivity index (χ3v) is 4.48. The largest absolute Gasteiger partial charge is 0.307 e. The molecule has 2 rings (SSSR count). The van der Waals surface area contributed by atoms with Gasteiger partial charge in [-0.1, -0.05) is 33.6 Å². The fourth-order valence-electron chi connectivity index (χ4n) is 3.39. The van der Waals surface area contributed by atoms with Crippen LogP contribution in [0.4, 0.5) is 8.78 Å². The molecule has 0 radical (unpaired) electrons. The summed E-state index contributed by atoms with van der Waals surface area (Å²) in [7, 11) is 0. The van der Waals surface area contributed by atoms with E-state index in [1.807, 2.05) is 0 Å². The SMILES string of the molecule is Cc1cc(C(NC(C)C)C2CCCC2C)c(F)cc1F. The molecule has 0 aliphatic heterocycles. The molecule has 1 aromatic rings. The van der Waals surface area contributed by atoms with E-state index >= 15 is 0 Å². The van der Waals surface area contributed by atoms with Gasteiger partial charge in [-0.25, -0.2) is 8.78 Å². The Morgan fingerprint density at radius 3 is 2.40 bits per heavy atom. The topological polar surface area (TPSA) is 12.0 Å². The van der Waals surface area contributed by atoms with Gasteiger partial charge in [-0.15, -0.1) is 0 Å². The van der Waals surface area contributed by atoms with Crippen LogP contribution in [0, 0.1) is 30.4 Å². The molecule has 0 saturated heterocycles. The minimum Gasteiger partial charge on any atom is -0.307 e. The number of aryl methyl sites for hydroxylation is 1. The number of rotatable bonds is 4. The van der Waals surface area contributed by atoms with Crippen molar-refractivity contribution < 1.29 is 8.78 Å². The third kappa shape index (κ3) is 3.20. The zero-order valence-corrected chi connectivity index (χ0v) is 12.8. The summed E-state index contributed by atoms with van der Waals surface area (Å²) in [5.74, 6) is 0.118. The summed E-state index contributed by atoms with van der Waals surface area (Å²) < 4.78 is 27.7. The summed E-state index contributed by atoms with van der Waals surface area (Å²) in [6, 6.07) is 2.96. The first-order chi connectivity index (χ1) is 9.40. The van der Waals surface area contributed by atoms with Crippen LogP contribution in [0.25, 0.3) is 0 Å². The van der Waals surface area contributed by atoms with Crippen LogP contribution >= 0.6 is 0 Å². The molecule has 0 aromatic heterocycles. The molecule has 1 nitrogen and oxygen atoms in total. The smallest absolute Gasteiger partial charge is 0.130 e. The Hall–Kier alpha value is -0.960. The van der Waals surface area contributed by atoms with Gasteiger partial charge in [0.05, 0.1) is 0 Å². The molecular weight excluding hydrogens is 256 g/mol. The predicted octanol–water partition coefficient (Wildman–Crippen LogP) is 4.75. The first kappa shape index (κ1) is 15.4. The van der Waals surface area contributed by atoms with Gasteiger partial charge in [0.2, 0.25) is 0 Å². The molecule has 1 saturated carbocycles. The lowest BCUT2D eigenvalue weighted by Gasteiger charge is -2.31. The molecule has 1 aromatic carbocycles. The van der Waals surface area contributed by atoms with Crippen molar-refractivity contribution in [3.63, 3.8) is 0 Å². The van der Waals surface area contributed by atoms with E-state index in [0.29, 0.717) is 23.0 Å². The molecule has 0 bridgehead atoms. The summed E-state index contributed by atoms with van der Waals surface area (Å²) in [5.41, 5.74) is 1.14. The summed E-state index contributed by atoms with van der Waals surface area (Å²) in [5, 5.41) is 3.49. The Morgan fingerprint density at radius 1 is 1.15 bits per heavy atom. The Labute approximate surface area is 120 Å². The first-order valence-electron chi connectivity index (χ1n) is 7.61. The van der Waals surface area contributed by atoms with Crippen LogP contribution in [-0.4, -0.2) is 6.04 Å². The van der Waals surface area contributed by atoms with Gasteiger partial charge in [0.25, 0.3) is 0 Å². The molecule has 1 N–H and O–H groups in total. The van der Waals surface area contributed by atoms with Crippen LogP contribution in [0.3, 0.4) is 0 Å². The van der Waals surface area contributed by atoms with E-state index in [9.17, 15) is 8.78 Å². The van der Waals surface area contributed by atoms with Crippen LogP contribution < -0.4 is 5.32 Å². The minimum absolute atomic E-state index is 0.0215. The molecule has 3 unspecified atom stereocenters. The zero-order chi connectivity index (χ0) is 14.9. The molecule has 0 spiro atoms. The number of benzene rings is 1. The zero-order valence-electron chi connectivity index (χ0n) is 12.8. The van der Waals surface area contributed by atoms with E-state index in [0.717, 1.165) is 12.5 Å². The number of hydrogen-bond acceptors (Lipinski definition) is 1. The van der Waals surface area contributed by atoms with E-state index in [2.05, 4.69) is 26.1 Å². The lowest BCUT2D eigenvalue weighted by atomic mass is 9.84. The molecule has 20 heavy (non-hydrogen) atoms. The van der Waals surface area contributed by atoms with Gasteiger partial charge in [0.1, 0.15) is 11.6 Å². The van der Waals surface area contributed by atoms with Crippen molar-refractivity contribution in [1.29, 1.82) is 0 Å². The monoisotopic (exact) mass is 281 g/mol. The maximum atomic E-state index is 14.2. The van der Waals surface area contributed by atoms with Crippen molar-refractivity contribution >= 4 is 0 Å². The maximum absolute atomic E-state index is 14.2. The van der Waals surface area contributed by atoms with Gasteiger partial charge in [0.15, 0.2) is 0 Å². The van der Waals surface area contributed by atoms with E-state index in [1.54, 1.807) is 13.0 Å². The van der Waals surface area contributed by atoms with E-state index in [4.69, 9.17) is 0 Å². The fourth-order valence-corrected chi connectivity index (χ4v) is 3.39. The van der Waals surface area contributed by atoms with Gasteiger partial charge in [-0.2, -0.15) is 0 Å². The van der Waals surface area contributed by atoms with Crippen molar-refractivity contribution in [1.82, 2.24) is 5.32 Å². The van der Waals surface area contributed by atoms with Gasteiger partial charge >= 0.3 is 0 Å². The number of nitrogens with one attached hydrogen (secondary N) is 1. The first-order valence-corrected chi connectivity index (χ1v) is 7.61. The Bertz CT molecular complexity index is 470. The van der Waals surface area contributed by atoms with Crippen molar-refractivity contribution in [3.8, 4) is 0 Å². The molecule has 112 valence electrons. The van der Waals surface area contributed by atoms with Crippen molar-refractivity contribution in [2.45, 2.75) is 59.0 Å². The Morgan fingerprint density at radius 2 is 1.85 bits per heavy atom. The quantitative estimate of drug-likeness (QED) is 0.840. The Kier molecular flexibility index (Phi) is 4.79. The summed E-state index contributed by atoms with van der Waals surface area (Å²) in [4.78, 5) is 0. The minimum atomic E-state index is -0.464. The van der Waals surface area contributed by atoms with Crippen LogP contribution in [0.2, 0.25) is 0 Å². The summed E-state index contributed by atoms with van der Waals surface area (Å²) in [6.07, 6.45) is 3.51. The van der Waals surface area contributed by atoms with E-state index in [-0.39, 0.29) is 12.1 Å². The third-order valence-electron chi connectivity index (χ3n) is 4.48. The second-order valence-corrected chi connectivity index (χ2v) is 6.49. The van der Waals surface area contributed by atoms with E-state index < -0.39 is 11.6 Å². The van der Waals surface area contributed by atoms with Crippen LogP contribution in [0.15, 0.2) is 12.1 Å². The lowest BCUT2D eigenvalue weighted by Crippen LogP contribution is -2.35. The molecular formula is C17H25F2N. The van der Waals surface area contributed by atoms with Gasteiger partial charge in [-0.3, -0.25) is 0 Å². The number of halogens is 2. The van der Waals surface area contributed by atoms with Crippen molar-refractivity contribution in [2.24, 2.45) is 11.8 Å². The van der Waals surface area contributed by atoms with Crippen LogP contribution in [-0.2, 0) is 0 Å². The highest BCUT2D eigenvalue weighted by Crippen LogP contribution is 2.41. The molecule has 1 aliphatic rings. The van der Waals surface area contributed by atoms with Crippen molar-refractivity contribution in [2.75, 3.05) is 0 Å². The maximum Gasteiger partial charge on any atom is 0.130 e. The second-order valence-electron chi connectivity index (χ2n) is 6.49. The normalized spacial score (nSPS) is 24.4. The van der Waals surface area contributed by atoms with Crippen molar-refractivity contribution in [3.05, 3.63) is 34.9 Å². The molecule has 0 amide bonds. The van der Waals surface area contributed by atoms with Gasteiger partial charge in [0, 0.05) is 23.7 Å². The molecule has 0 heterocycles. The number of hydrogen-bond donors (Lipinski definition) is 1. The highest BCUT2D eigenvalue weighted by Gasteiger charge is 2.33. The van der Waals surface area contributed by atoms with Gasteiger partial charge in [-0.05, 0) is 36.8 Å². The van der Waals surface area contributed by atoms with Crippen LogP contribution in [0.1, 0.15) is 57.2 Å². The fraction of sp³-hybridized carbons (Fsp3) is 0.647. The predicted molar refractivity (Wildman–Crippen MR) is 78.6 cm³/mol. The average molecular weight is 281 g/mol. The van der Waals surface area contributed by atoms with Crippen LogP contribution in [0.5, 0.6) is 0 Å². The standard InChI is InChI=1S/C17H25F2N/c1-10(2)20-17(13-7-5-6-11(13)3)14-8-12(4)15(18)9-16(14)19/h8-11,13,17,20H,5-7H2,1-4H3. The second kappa shape index (κ2) is 6.21. The molecule has 1 fully saturated rings. The Balaban J connectivity index is 2.38. The highest BCUT2D eigenvalue weighted by molar-refractivity contribution is 5.29. The molecule has 1 aliphatic carbocycles. The average Bonchev–Trinajstić information content (AvgIpc) is 2.77. The van der Waals surface area contributed by atoms with E-state index in [1.165, 1.54) is 12.8 Å². The summed E-state index contributed by atoms with van der Waals surface area (Å²) >= 11 is 0. The molecule has 3 atom stereocenters. The highest BCUT2D eigenvalue weighted by atomic mass is 19.1.